The molecule has 0 saturated heterocycles. The Balaban J connectivity index is 2.12. The maximum atomic E-state index is 12.1. The van der Waals surface area contributed by atoms with Crippen molar-refractivity contribution in [2.24, 2.45) is 0 Å². The Kier molecular flexibility index (Phi) is 4.52. The SMILES string of the molecule is CN(C)CCCNC(=O)n1c(O)cc2cc(Cl)ccc21. The highest BCUT2D eigenvalue weighted by Gasteiger charge is 2.14. The van der Waals surface area contributed by atoms with E-state index in [4.69, 9.17) is 11.6 Å². The standard InChI is InChI=1S/C14H18ClN3O2/c1-17(2)7-3-6-16-14(20)18-12-5-4-11(15)8-10(12)9-13(18)19/h4-5,8-9,19H,3,6-7H2,1-2H3,(H,16,20). The molecule has 2 aromatic rings. The number of hydrogen-bond acceptors (Lipinski definition) is 3. The lowest BCUT2D eigenvalue weighted by atomic mass is 10.2. The summed E-state index contributed by atoms with van der Waals surface area (Å²) in [7, 11) is 3.97. The Hall–Kier alpha value is -1.72. The summed E-state index contributed by atoms with van der Waals surface area (Å²) >= 11 is 5.90. The normalized spacial score (nSPS) is 11.2. The van der Waals surface area contributed by atoms with Gasteiger partial charge in [0.2, 0.25) is 0 Å². The third-order valence-electron chi connectivity index (χ3n) is 3.01. The molecule has 0 fully saturated rings. The molecule has 0 atom stereocenters. The van der Waals surface area contributed by atoms with E-state index in [0.29, 0.717) is 17.1 Å². The minimum absolute atomic E-state index is 0.0904. The van der Waals surface area contributed by atoms with Crippen LogP contribution in [0.1, 0.15) is 6.42 Å². The van der Waals surface area contributed by atoms with Gasteiger partial charge in [0.1, 0.15) is 0 Å². The van der Waals surface area contributed by atoms with Crippen LogP contribution in [0.2, 0.25) is 5.02 Å². The van der Waals surface area contributed by atoms with E-state index in [0.717, 1.165) is 18.4 Å². The molecule has 108 valence electrons. The van der Waals surface area contributed by atoms with E-state index < -0.39 is 0 Å². The van der Waals surface area contributed by atoms with Gasteiger partial charge in [0, 0.05) is 23.0 Å². The van der Waals surface area contributed by atoms with Crippen molar-refractivity contribution in [1.29, 1.82) is 0 Å². The molecule has 5 nitrogen and oxygen atoms in total. The van der Waals surface area contributed by atoms with Crippen LogP contribution in [0.3, 0.4) is 0 Å². The number of carbonyl (C=O) groups excluding carboxylic acids is 1. The third-order valence-corrected chi connectivity index (χ3v) is 3.24. The second kappa shape index (κ2) is 6.15. The molecule has 20 heavy (non-hydrogen) atoms. The van der Waals surface area contributed by atoms with Gasteiger partial charge in [-0.25, -0.2) is 9.36 Å². The number of halogens is 1. The highest BCUT2D eigenvalue weighted by molar-refractivity contribution is 6.31. The molecule has 0 aliphatic heterocycles. The summed E-state index contributed by atoms with van der Waals surface area (Å²) in [4.78, 5) is 14.2. The zero-order valence-electron chi connectivity index (χ0n) is 11.6. The van der Waals surface area contributed by atoms with Gasteiger partial charge in [-0.1, -0.05) is 11.6 Å². The molecule has 1 aromatic carbocycles. The number of rotatable bonds is 4. The Morgan fingerprint density at radius 3 is 2.85 bits per heavy atom. The molecule has 1 heterocycles. The van der Waals surface area contributed by atoms with Crippen LogP contribution < -0.4 is 5.32 Å². The van der Waals surface area contributed by atoms with Crippen molar-refractivity contribution in [3.05, 3.63) is 29.3 Å². The summed E-state index contributed by atoms with van der Waals surface area (Å²) in [5, 5.41) is 14.0. The second-order valence-corrected chi connectivity index (χ2v) is 5.37. The summed E-state index contributed by atoms with van der Waals surface area (Å²) in [6.45, 7) is 1.46. The van der Waals surface area contributed by atoms with Gasteiger partial charge in [-0.2, -0.15) is 0 Å². The second-order valence-electron chi connectivity index (χ2n) is 4.93. The topological polar surface area (TPSA) is 57.5 Å². The smallest absolute Gasteiger partial charge is 0.328 e. The van der Waals surface area contributed by atoms with E-state index in [9.17, 15) is 9.90 Å². The van der Waals surface area contributed by atoms with E-state index in [1.54, 1.807) is 18.2 Å². The first-order chi connectivity index (χ1) is 9.49. The highest BCUT2D eigenvalue weighted by Crippen LogP contribution is 2.26. The van der Waals surface area contributed by atoms with Crippen molar-refractivity contribution >= 4 is 28.5 Å². The molecule has 0 spiro atoms. The maximum Gasteiger partial charge on any atom is 0.328 e. The van der Waals surface area contributed by atoms with Crippen LogP contribution in [0.25, 0.3) is 10.9 Å². The molecule has 1 aromatic heterocycles. The monoisotopic (exact) mass is 295 g/mol. The fraction of sp³-hybridized carbons (Fsp3) is 0.357. The first kappa shape index (κ1) is 14.7. The molecule has 0 saturated carbocycles. The minimum Gasteiger partial charge on any atom is -0.494 e. The number of fused-ring (bicyclic) bond motifs is 1. The summed E-state index contributed by atoms with van der Waals surface area (Å²) in [5.41, 5.74) is 0.636. The Bertz CT molecular complexity index is 622. The predicted molar refractivity (Wildman–Crippen MR) is 80.6 cm³/mol. The molecular formula is C14H18ClN3O2. The van der Waals surface area contributed by atoms with Gasteiger partial charge in [-0.15, -0.1) is 0 Å². The zero-order valence-corrected chi connectivity index (χ0v) is 12.3. The number of nitrogens with zero attached hydrogens (tertiary/aromatic N) is 2. The third kappa shape index (κ3) is 3.23. The number of hydrogen-bond donors (Lipinski definition) is 2. The fourth-order valence-corrected chi connectivity index (χ4v) is 2.24. The summed E-state index contributed by atoms with van der Waals surface area (Å²) < 4.78 is 1.25. The van der Waals surface area contributed by atoms with Gasteiger partial charge in [-0.3, -0.25) is 0 Å². The van der Waals surface area contributed by atoms with Crippen LogP contribution in [0.5, 0.6) is 5.88 Å². The molecule has 6 heteroatoms. The number of carbonyl (C=O) groups is 1. The van der Waals surface area contributed by atoms with E-state index in [1.165, 1.54) is 10.6 Å². The van der Waals surface area contributed by atoms with Gasteiger partial charge in [-0.05, 0) is 45.3 Å². The molecule has 0 unspecified atom stereocenters. The number of aromatic hydroxyl groups is 1. The van der Waals surface area contributed by atoms with Crippen LogP contribution in [-0.4, -0.2) is 47.8 Å². The first-order valence-electron chi connectivity index (χ1n) is 6.42. The van der Waals surface area contributed by atoms with Gasteiger partial charge in [0.25, 0.3) is 0 Å². The lowest BCUT2D eigenvalue weighted by Gasteiger charge is -2.11. The lowest BCUT2D eigenvalue weighted by Crippen LogP contribution is -2.30. The predicted octanol–water partition coefficient (Wildman–Crippen LogP) is 2.51. The Morgan fingerprint density at radius 2 is 2.15 bits per heavy atom. The van der Waals surface area contributed by atoms with Crippen LogP contribution >= 0.6 is 11.6 Å². The first-order valence-corrected chi connectivity index (χ1v) is 6.80. The Morgan fingerprint density at radius 1 is 1.40 bits per heavy atom. The summed E-state index contributed by atoms with van der Waals surface area (Å²) in [5.74, 6) is -0.0904. The quantitative estimate of drug-likeness (QED) is 0.852. The van der Waals surface area contributed by atoms with E-state index in [2.05, 4.69) is 10.2 Å². The molecule has 0 aliphatic carbocycles. The average molecular weight is 296 g/mol. The number of amides is 1. The number of nitrogens with one attached hydrogen (secondary N) is 1. The summed E-state index contributed by atoms with van der Waals surface area (Å²) in [6.07, 6.45) is 0.852. The zero-order chi connectivity index (χ0) is 14.7. The lowest BCUT2D eigenvalue weighted by molar-refractivity contribution is 0.240. The van der Waals surface area contributed by atoms with Crippen molar-refractivity contribution in [2.45, 2.75) is 6.42 Å². The molecule has 2 rings (SSSR count). The fourth-order valence-electron chi connectivity index (χ4n) is 2.05. The van der Waals surface area contributed by atoms with Crippen molar-refractivity contribution in [1.82, 2.24) is 14.8 Å². The van der Waals surface area contributed by atoms with Crippen molar-refractivity contribution in [3.8, 4) is 5.88 Å². The van der Waals surface area contributed by atoms with Crippen LogP contribution in [0, 0.1) is 0 Å². The van der Waals surface area contributed by atoms with Crippen LogP contribution in [-0.2, 0) is 0 Å². The number of benzene rings is 1. The van der Waals surface area contributed by atoms with E-state index in [-0.39, 0.29) is 11.9 Å². The van der Waals surface area contributed by atoms with Gasteiger partial charge < -0.3 is 15.3 Å². The van der Waals surface area contributed by atoms with Crippen molar-refractivity contribution in [3.63, 3.8) is 0 Å². The molecule has 0 radical (unpaired) electrons. The molecule has 1 amide bonds. The van der Waals surface area contributed by atoms with E-state index >= 15 is 0 Å². The molecule has 0 aliphatic rings. The van der Waals surface area contributed by atoms with Gasteiger partial charge in [0.15, 0.2) is 5.88 Å². The minimum atomic E-state index is -0.335. The van der Waals surface area contributed by atoms with Crippen molar-refractivity contribution < 1.29 is 9.90 Å². The Labute approximate surface area is 122 Å². The molecular weight excluding hydrogens is 278 g/mol. The van der Waals surface area contributed by atoms with Gasteiger partial charge >= 0.3 is 6.03 Å². The highest BCUT2D eigenvalue weighted by atomic mass is 35.5. The van der Waals surface area contributed by atoms with Crippen molar-refractivity contribution in [2.75, 3.05) is 27.2 Å². The number of aromatic nitrogens is 1. The molecule has 0 bridgehead atoms. The van der Waals surface area contributed by atoms with E-state index in [1.807, 2.05) is 14.1 Å². The average Bonchev–Trinajstić information content (AvgIpc) is 2.69. The maximum absolute atomic E-state index is 12.1. The van der Waals surface area contributed by atoms with Crippen LogP contribution in [0.15, 0.2) is 24.3 Å². The van der Waals surface area contributed by atoms with Crippen LogP contribution in [0.4, 0.5) is 4.79 Å². The largest absolute Gasteiger partial charge is 0.494 e. The molecule has 2 N–H and O–H groups in total. The van der Waals surface area contributed by atoms with Gasteiger partial charge in [0.05, 0.1) is 5.52 Å². The summed E-state index contributed by atoms with van der Waals surface area (Å²) in [6, 6.07) is 6.32.